The molecule has 0 saturated carbocycles. The van der Waals surface area contributed by atoms with Gasteiger partial charge < -0.3 is 14.7 Å². The predicted octanol–water partition coefficient (Wildman–Crippen LogP) is 2.04. The van der Waals surface area contributed by atoms with Gasteiger partial charge in [0.15, 0.2) is 0 Å². The Kier molecular flexibility index (Phi) is 4.56. The number of anilines is 1. The third kappa shape index (κ3) is 3.45. The number of carboxylic acids is 1. The Labute approximate surface area is 123 Å². The lowest BCUT2D eigenvalue weighted by molar-refractivity contribution is -0.384. The van der Waals surface area contributed by atoms with Gasteiger partial charge in [-0.15, -0.1) is 0 Å². The molecular formula is C12H13BrN2O5. The molecule has 0 aromatic heterocycles. The van der Waals surface area contributed by atoms with Crippen LogP contribution in [0.15, 0.2) is 22.7 Å². The second-order valence-corrected chi connectivity index (χ2v) is 5.28. The average molecular weight is 345 g/mol. The van der Waals surface area contributed by atoms with Gasteiger partial charge in [0.2, 0.25) is 0 Å². The van der Waals surface area contributed by atoms with Gasteiger partial charge in [-0.1, -0.05) is 0 Å². The molecule has 0 spiro atoms. The van der Waals surface area contributed by atoms with Crippen LogP contribution in [0, 0.1) is 10.1 Å². The van der Waals surface area contributed by atoms with Gasteiger partial charge in [0.1, 0.15) is 0 Å². The normalized spacial score (nSPS) is 18.9. The van der Waals surface area contributed by atoms with Crippen molar-refractivity contribution in [2.24, 2.45) is 0 Å². The first-order valence-electron chi connectivity index (χ1n) is 5.99. The maximum atomic E-state index is 10.7. The SMILES string of the molecule is O=C(O)CC1CN(c2ccc([N+](=O)[O-])cc2Br)CCO1. The molecule has 1 heterocycles. The van der Waals surface area contributed by atoms with Crippen molar-refractivity contribution in [2.45, 2.75) is 12.5 Å². The molecule has 1 aliphatic heterocycles. The van der Waals surface area contributed by atoms with E-state index in [4.69, 9.17) is 9.84 Å². The third-order valence-electron chi connectivity index (χ3n) is 3.02. The fourth-order valence-corrected chi connectivity index (χ4v) is 2.74. The fraction of sp³-hybridized carbons (Fsp3) is 0.417. The van der Waals surface area contributed by atoms with Gasteiger partial charge in [0.05, 0.1) is 29.7 Å². The summed E-state index contributed by atoms with van der Waals surface area (Å²) in [5.74, 6) is -0.903. The van der Waals surface area contributed by atoms with Gasteiger partial charge in [-0.25, -0.2) is 0 Å². The maximum absolute atomic E-state index is 10.7. The number of hydrogen-bond acceptors (Lipinski definition) is 5. The second kappa shape index (κ2) is 6.19. The highest BCUT2D eigenvalue weighted by atomic mass is 79.9. The number of nitro groups is 1. The van der Waals surface area contributed by atoms with Crippen LogP contribution < -0.4 is 4.90 Å². The molecule has 7 nitrogen and oxygen atoms in total. The zero-order valence-corrected chi connectivity index (χ0v) is 12.1. The Morgan fingerprint density at radius 2 is 2.35 bits per heavy atom. The van der Waals surface area contributed by atoms with Crippen LogP contribution in [0.4, 0.5) is 11.4 Å². The monoisotopic (exact) mass is 344 g/mol. The largest absolute Gasteiger partial charge is 0.481 e. The van der Waals surface area contributed by atoms with E-state index in [1.54, 1.807) is 6.07 Å². The van der Waals surface area contributed by atoms with Crippen molar-refractivity contribution in [3.8, 4) is 0 Å². The molecule has 1 unspecified atom stereocenters. The van der Waals surface area contributed by atoms with Crippen LogP contribution in [-0.4, -0.2) is 41.8 Å². The van der Waals surface area contributed by atoms with Crippen molar-refractivity contribution < 1.29 is 19.6 Å². The molecule has 108 valence electrons. The number of carboxylic acid groups (broad SMARTS) is 1. The number of ether oxygens (including phenoxy) is 1. The molecule has 1 aromatic rings. The Balaban J connectivity index is 2.14. The molecule has 0 aliphatic carbocycles. The van der Waals surface area contributed by atoms with Gasteiger partial charge >= 0.3 is 5.97 Å². The summed E-state index contributed by atoms with van der Waals surface area (Å²) in [6, 6.07) is 4.53. The summed E-state index contributed by atoms with van der Waals surface area (Å²) in [5, 5.41) is 19.5. The van der Waals surface area contributed by atoms with E-state index in [1.165, 1.54) is 12.1 Å². The lowest BCUT2D eigenvalue weighted by atomic mass is 10.2. The Bertz CT molecular complexity index is 537. The van der Waals surface area contributed by atoms with Crippen molar-refractivity contribution in [1.29, 1.82) is 0 Å². The highest BCUT2D eigenvalue weighted by Crippen LogP contribution is 2.31. The fourth-order valence-electron chi connectivity index (χ4n) is 2.12. The van der Waals surface area contributed by atoms with Crippen LogP contribution in [0.25, 0.3) is 0 Å². The first-order chi connectivity index (χ1) is 9.47. The number of rotatable bonds is 4. The number of benzene rings is 1. The maximum Gasteiger partial charge on any atom is 0.306 e. The summed E-state index contributed by atoms with van der Waals surface area (Å²) in [4.78, 5) is 22.9. The van der Waals surface area contributed by atoms with Gasteiger partial charge in [0, 0.05) is 29.7 Å². The van der Waals surface area contributed by atoms with Crippen molar-refractivity contribution in [2.75, 3.05) is 24.6 Å². The third-order valence-corrected chi connectivity index (χ3v) is 3.66. The zero-order chi connectivity index (χ0) is 14.7. The number of carbonyl (C=O) groups is 1. The predicted molar refractivity (Wildman–Crippen MR) is 75.0 cm³/mol. The molecule has 1 fully saturated rings. The van der Waals surface area contributed by atoms with Crippen LogP contribution in [-0.2, 0) is 9.53 Å². The van der Waals surface area contributed by atoms with Crippen LogP contribution in [0.5, 0.6) is 0 Å². The van der Waals surface area contributed by atoms with Crippen molar-refractivity contribution >= 4 is 33.3 Å². The minimum Gasteiger partial charge on any atom is -0.481 e. The summed E-state index contributed by atoms with van der Waals surface area (Å²) in [6.07, 6.45) is -0.426. The second-order valence-electron chi connectivity index (χ2n) is 4.43. The van der Waals surface area contributed by atoms with Crippen LogP contribution in [0.2, 0.25) is 0 Å². The summed E-state index contributed by atoms with van der Waals surface area (Å²) in [6.45, 7) is 1.50. The number of aliphatic carboxylic acids is 1. The van der Waals surface area contributed by atoms with E-state index in [1.807, 2.05) is 4.90 Å². The summed E-state index contributed by atoms with van der Waals surface area (Å²) >= 11 is 3.32. The minimum absolute atomic E-state index is 0.0102. The van der Waals surface area contributed by atoms with Crippen molar-refractivity contribution in [3.63, 3.8) is 0 Å². The minimum atomic E-state index is -0.903. The molecular weight excluding hydrogens is 332 g/mol. The van der Waals surface area contributed by atoms with E-state index in [-0.39, 0.29) is 18.2 Å². The number of nitro benzene ring substituents is 1. The molecule has 1 atom stereocenters. The molecule has 2 rings (SSSR count). The molecule has 20 heavy (non-hydrogen) atoms. The first kappa shape index (κ1) is 14.7. The first-order valence-corrected chi connectivity index (χ1v) is 6.79. The number of nitrogens with zero attached hydrogens (tertiary/aromatic N) is 2. The molecule has 1 N–H and O–H groups in total. The van der Waals surface area contributed by atoms with Gasteiger partial charge in [-0.3, -0.25) is 14.9 Å². The van der Waals surface area contributed by atoms with Gasteiger partial charge in [0.25, 0.3) is 5.69 Å². The lowest BCUT2D eigenvalue weighted by Crippen LogP contribution is -2.43. The average Bonchev–Trinajstić information content (AvgIpc) is 2.38. The van der Waals surface area contributed by atoms with Gasteiger partial charge in [-0.05, 0) is 22.0 Å². The number of hydrogen-bond donors (Lipinski definition) is 1. The summed E-state index contributed by atoms with van der Waals surface area (Å²) < 4.78 is 6.01. The molecule has 0 bridgehead atoms. The van der Waals surface area contributed by atoms with Crippen LogP contribution >= 0.6 is 15.9 Å². The van der Waals surface area contributed by atoms with Crippen molar-refractivity contribution in [3.05, 3.63) is 32.8 Å². The van der Waals surface area contributed by atoms with Gasteiger partial charge in [-0.2, -0.15) is 0 Å². The van der Waals surface area contributed by atoms with E-state index in [9.17, 15) is 14.9 Å². The molecule has 1 saturated heterocycles. The number of non-ortho nitro benzene ring substituents is 1. The Hall–Kier alpha value is -1.67. The molecule has 1 aromatic carbocycles. The van der Waals surface area contributed by atoms with E-state index in [2.05, 4.69) is 15.9 Å². The van der Waals surface area contributed by atoms with E-state index in [0.717, 1.165) is 5.69 Å². The zero-order valence-electron chi connectivity index (χ0n) is 10.5. The topological polar surface area (TPSA) is 92.9 Å². The van der Waals surface area contributed by atoms with Crippen LogP contribution in [0.3, 0.4) is 0 Å². The Morgan fingerprint density at radius 3 is 2.95 bits per heavy atom. The summed E-state index contributed by atoms with van der Waals surface area (Å²) in [5.41, 5.74) is 0.810. The van der Waals surface area contributed by atoms with E-state index in [0.29, 0.717) is 24.2 Å². The highest BCUT2D eigenvalue weighted by Gasteiger charge is 2.24. The van der Waals surface area contributed by atoms with E-state index < -0.39 is 10.9 Å². The van der Waals surface area contributed by atoms with E-state index >= 15 is 0 Å². The number of halogens is 1. The van der Waals surface area contributed by atoms with Crippen LogP contribution in [0.1, 0.15) is 6.42 Å². The highest BCUT2D eigenvalue weighted by molar-refractivity contribution is 9.10. The molecule has 0 radical (unpaired) electrons. The molecule has 1 aliphatic rings. The lowest BCUT2D eigenvalue weighted by Gasteiger charge is -2.34. The Morgan fingerprint density at radius 1 is 1.60 bits per heavy atom. The van der Waals surface area contributed by atoms with Crippen molar-refractivity contribution in [1.82, 2.24) is 0 Å². The standard InChI is InChI=1S/C12H13BrN2O5/c13-10-5-8(15(18)19)1-2-11(10)14-3-4-20-9(7-14)6-12(16)17/h1-2,5,9H,3-4,6-7H2,(H,16,17). The number of morpholine rings is 1. The molecule has 0 amide bonds. The molecule has 8 heteroatoms. The quantitative estimate of drug-likeness (QED) is 0.663. The smallest absolute Gasteiger partial charge is 0.306 e. The summed E-state index contributed by atoms with van der Waals surface area (Å²) in [7, 11) is 0.